The molecule has 0 spiro atoms. The van der Waals surface area contributed by atoms with Gasteiger partial charge in [-0.05, 0) is 38.8 Å². The molecule has 0 saturated heterocycles. The van der Waals surface area contributed by atoms with Gasteiger partial charge in [0.2, 0.25) is 0 Å². The van der Waals surface area contributed by atoms with E-state index < -0.39 is 0 Å². The highest BCUT2D eigenvalue weighted by molar-refractivity contribution is 5.65. The molecule has 0 bridgehead atoms. The molecule has 1 heterocycles. The van der Waals surface area contributed by atoms with Crippen molar-refractivity contribution in [3.8, 4) is 23.2 Å². The van der Waals surface area contributed by atoms with Crippen LogP contribution >= 0.6 is 0 Å². The lowest BCUT2D eigenvalue weighted by atomic mass is 9.99. The summed E-state index contributed by atoms with van der Waals surface area (Å²) in [4.78, 5) is 4.49. The van der Waals surface area contributed by atoms with Crippen molar-refractivity contribution in [3.63, 3.8) is 0 Å². The summed E-state index contributed by atoms with van der Waals surface area (Å²) >= 11 is 0. The van der Waals surface area contributed by atoms with Crippen LogP contribution in [0.5, 0.6) is 0 Å². The Bertz CT molecular complexity index is 601. The zero-order chi connectivity index (χ0) is 13.1. The normalized spacial score (nSPS) is 10.0. The first kappa shape index (κ1) is 12.4. The number of aromatic nitrogens is 2. The molecule has 1 aromatic carbocycles. The molecule has 0 atom stereocenters. The van der Waals surface area contributed by atoms with Gasteiger partial charge >= 0.3 is 0 Å². The number of benzene rings is 1. The first-order chi connectivity index (χ1) is 8.63. The lowest BCUT2D eigenvalue weighted by Crippen LogP contribution is -2.01. The summed E-state index contributed by atoms with van der Waals surface area (Å²) in [5.41, 5.74) is 5.05. The molecule has 0 saturated carbocycles. The molecule has 2 heteroatoms. The third-order valence-electron chi connectivity index (χ3n) is 3.04. The van der Waals surface area contributed by atoms with Gasteiger partial charge in [-0.1, -0.05) is 23.6 Å². The molecular formula is C16H18N2. The van der Waals surface area contributed by atoms with Crippen LogP contribution in [0.25, 0.3) is 11.4 Å². The van der Waals surface area contributed by atoms with Gasteiger partial charge in [0.15, 0.2) is 0 Å². The predicted octanol–water partition coefficient (Wildman–Crippen LogP) is 3.50. The van der Waals surface area contributed by atoms with Crippen LogP contribution in [0.15, 0.2) is 24.5 Å². The highest BCUT2D eigenvalue weighted by Gasteiger charge is 2.11. The summed E-state index contributed by atoms with van der Waals surface area (Å²) in [6.45, 7) is 8.95. The average molecular weight is 238 g/mol. The molecule has 0 N–H and O–H groups in total. The first-order valence-corrected chi connectivity index (χ1v) is 6.12. The van der Waals surface area contributed by atoms with Crippen LogP contribution in [0.2, 0.25) is 0 Å². The van der Waals surface area contributed by atoms with Crippen LogP contribution in [0.1, 0.15) is 23.6 Å². The topological polar surface area (TPSA) is 17.8 Å². The zero-order valence-corrected chi connectivity index (χ0v) is 11.4. The fourth-order valence-electron chi connectivity index (χ4n) is 2.36. The van der Waals surface area contributed by atoms with Crippen molar-refractivity contribution in [1.82, 2.24) is 9.55 Å². The monoisotopic (exact) mass is 238 g/mol. The highest BCUT2D eigenvalue weighted by atomic mass is 15.1. The van der Waals surface area contributed by atoms with Gasteiger partial charge in [-0.25, -0.2) is 4.98 Å². The van der Waals surface area contributed by atoms with Crippen LogP contribution in [0.4, 0.5) is 0 Å². The second-order valence-corrected chi connectivity index (χ2v) is 4.58. The Balaban J connectivity index is 2.54. The quantitative estimate of drug-likeness (QED) is 0.732. The predicted molar refractivity (Wildman–Crippen MR) is 75.3 cm³/mol. The van der Waals surface area contributed by atoms with Crippen molar-refractivity contribution in [3.05, 3.63) is 41.2 Å². The van der Waals surface area contributed by atoms with E-state index >= 15 is 0 Å². The van der Waals surface area contributed by atoms with E-state index in [-0.39, 0.29) is 0 Å². The van der Waals surface area contributed by atoms with Gasteiger partial charge in [0, 0.05) is 18.0 Å². The molecule has 18 heavy (non-hydrogen) atoms. The summed E-state index contributed by atoms with van der Waals surface area (Å²) < 4.78 is 2.10. The maximum Gasteiger partial charge on any atom is 0.141 e. The number of rotatable bonds is 2. The Morgan fingerprint density at radius 1 is 1.17 bits per heavy atom. The fraction of sp³-hybridized carbons (Fsp3) is 0.312. The molecule has 0 fully saturated rings. The van der Waals surface area contributed by atoms with Crippen molar-refractivity contribution >= 4 is 0 Å². The molecule has 2 rings (SSSR count). The molecule has 1 aromatic heterocycles. The molecule has 0 unspecified atom stereocenters. The second kappa shape index (κ2) is 5.10. The van der Waals surface area contributed by atoms with Crippen LogP contribution in [-0.2, 0) is 6.54 Å². The highest BCUT2D eigenvalue weighted by Crippen LogP contribution is 2.26. The van der Waals surface area contributed by atoms with Gasteiger partial charge < -0.3 is 4.57 Å². The SMILES string of the molecule is CC#CCn1ccnc1-c1c(C)cc(C)cc1C. The molecule has 0 aliphatic carbocycles. The molecule has 0 radical (unpaired) electrons. The summed E-state index contributed by atoms with van der Waals surface area (Å²) in [5, 5.41) is 0. The van der Waals surface area contributed by atoms with Gasteiger partial charge in [-0.15, -0.1) is 5.92 Å². The Kier molecular flexibility index (Phi) is 3.53. The van der Waals surface area contributed by atoms with Crippen molar-refractivity contribution in [2.75, 3.05) is 0 Å². The number of hydrogen-bond donors (Lipinski definition) is 0. The Morgan fingerprint density at radius 2 is 1.83 bits per heavy atom. The Labute approximate surface area is 109 Å². The lowest BCUT2D eigenvalue weighted by molar-refractivity contribution is 0.848. The van der Waals surface area contributed by atoms with Gasteiger partial charge in [0.1, 0.15) is 5.82 Å². The number of hydrogen-bond acceptors (Lipinski definition) is 1. The minimum Gasteiger partial charge on any atom is -0.319 e. The second-order valence-electron chi connectivity index (χ2n) is 4.58. The molecule has 2 aromatic rings. The number of aryl methyl sites for hydroxylation is 3. The maximum atomic E-state index is 4.49. The van der Waals surface area contributed by atoms with Gasteiger partial charge in [0.05, 0.1) is 6.54 Å². The van der Waals surface area contributed by atoms with Crippen LogP contribution in [0, 0.1) is 32.6 Å². The molecular weight excluding hydrogens is 220 g/mol. The van der Waals surface area contributed by atoms with Crippen molar-refractivity contribution < 1.29 is 0 Å². The standard InChI is InChI=1S/C16H18N2/c1-5-6-8-18-9-7-17-16(18)15-13(3)10-12(2)11-14(15)4/h7,9-11H,8H2,1-4H3. The third-order valence-corrected chi connectivity index (χ3v) is 3.04. The average Bonchev–Trinajstić information content (AvgIpc) is 2.73. The van der Waals surface area contributed by atoms with E-state index in [0.29, 0.717) is 6.54 Å². The molecule has 0 aliphatic heterocycles. The lowest BCUT2D eigenvalue weighted by Gasteiger charge is -2.12. The summed E-state index contributed by atoms with van der Waals surface area (Å²) in [5.74, 6) is 7.02. The van der Waals surface area contributed by atoms with Gasteiger partial charge in [0.25, 0.3) is 0 Å². The summed E-state index contributed by atoms with van der Waals surface area (Å²) in [6.07, 6.45) is 3.82. The van der Waals surface area contributed by atoms with E-state index in [1.54, 1.807) is 0 Å². The fourth-order valence-corrected chi connectivity index (χ4v) is 2.36. The largest absolute Gasteiger partial charge is 0.319 e. The van der Waals surface area contributed by atoms with Crippen LogP contribution in [-0.4, -0.2) is 9.55 Å². The number of nitrogens with zero attached hydrogens (tertiary/aromatic N) is 2. The van der Waals surface area contributed by atoms with E-state index in [4.69, 9.17) is 0 Å². The van der Waals surface area contributed by atoms with E-state index in [9.17, 15) is 0 Å². The molecule has 0 amide bonds. The van der Waals surface area contributed by atoms with Crippen LogP contribution < -0.4 is 0 Å². The molecule has 0 aliphatic rings. The summed E-state index contributed by atoms with van der Waals surface area (Å²) in [6, 6.07) is 4.40. The van der Waals surface area contributed by atoms with Crippen LogP contribution in [0.3, 0.4) is 0 Å². The smallest absolute Gasteiger partial charge is 0.141 e. The van der Waals surface area contributed by atoms with E-state index in [1.165, 1.54) is 22.3 Å². The Hall–Kier alpha value is -2.01. The summed E-state index contributed by atoms with van der Waals surface area (Å²) in [7, 11) is 0. The first-order valence-electron chi connectivity index (χ1n) is 6.12. The molecule has 2 nitrogen and oxygen atoms in total. The van der Waals surface area contributed by atoms with Crippen molar-refractivity contribution in [2.45, 2.75) is 34.2 Å². The van der Waals surface area contributed by atoms with Gasteiger partial charge in [-0.3, -0.25) is 0 Å². The Morgan fingerprint density at radius 3 is 2.44 bits per heavy atom. The minimum absolute atomic E-state index is 0.693. The number of imidazole rings is 1. The van der Waals surface area contributed by atoms with Crippen molar-refractivity contribution in [2.24, 2.45) is 0 Å². The van der Waals surface area contributed by atoms with E-state index in [2.05, 4.69) is 54.3 Å². The minimum atomic E-state index is 0.693. The zero-order valence-electron chi connectivity index (χ0n) is 11.4. The van der Waals surface area contributed by atoms with Crippen molar-refractivity contribution in [1.29, 1.82) is 0 Å². The van der Waals surface area contributed by atoms with Gasteiger partial charge in [-0.2, -0.15) is 0 Å². The maximum absolute atomic E-state index is 4.49. The molecule has 92 valence electrons. The van der Waals surface area contributed by atoms with E-state index in [0.717, 1.165) is 5.82 Å². The third kappa shape index (κ3) is 2.31. The van der Waals surface area contributed by atoms with E-state index in [1.807, 2.05) is 19.3 Å².